The van der Waals surface area contributed by atoms with Crippen LogP contribution in [0.15, 0.2) is 23.1 Å². The number of amides is 1. The number of hydrogen-bond acceptors (Lipinski definition) is 8. The first-order valence-electron chi connectivity index (χ1n) is 10.2. The quantitative estimate of drug-likeness (QED) is 0.313. The lowest BCUT2D eigenvalue weighted by Gasteiger charge is -2.21. The SMILES string of the molecule is CCN(CC(=O)NCCOCCOCCOCCN)S(=O)(=O)c1cc(C)ccc1OC. The number of carbonyl (C=O) groups is 1. The number of aryl methyl sites for hydroxylation is 1. The van der Waals surface area contributed by atoms with Crippen LogP contribution in [0.3, 0.4) is 0 Å². The van der Waals surface area contributed by atoms with Gasteiger partial charge >= 0.3 is 0 Å². The van der Waals surface area contributed by atoms with Crippen LogP contribution in [0, 0.1) is 6.92 Å². The highest BCUT2D eigenvalue weighted by Gasteiger charge is 2.28. The standard InChI is InChI=1S/C20H35N3O7S/c1-4-23(31(25,26)19-15-17(2)5-6-18(19)27-3)16-20(24)22-8-10-29-12-14-30-13-11-28-9-7-21/h5-6,15H,4,7-14,16,21H2,1-3H3,(H,22,24). The second-order valence-electron chi connectivity index (χ2n) is 6.56. The van der Waals surface area contributed by atoms with E-state index in [9.17, 15) is 13.2 Å². The summed E-state index contributed by atoms with van der Waals surface area (Å²) in [5.74, 6) is -0.167. The molecule has 1 amide bonds. The van der Waals surface area contributed by atoms with Crippen LogP contribution in [-0.2, 0) is 29.0 Å². The Labute approximate surface area is 185 Å². The number of benzene rings is 1. The molecule has 0 heterocycles. The number of nitrogens with zero attached hydrogens (tertiary/aromatic N) is 1. The molecule has 0 bridgehead atoms. The molecule has 10 nitrogen and oxygen atoms in total. The summed E-state index contributed by atoms with van der Waals surface area (Å²) in [5, 5.41) is 2.66. The highest BCUT2D eigenvalue weighted by Crippen LogP contribution is 2.27. The van der Waals surface area contributed by atoms with Gasteiger partial charge in [-0.25, -0.2) is 8.42 Å². The maximum atomic E-state index is 13.0. The largest absolute Gasteiger partial charge is 0.495 e. The number of nitrogens with two attached hydrogens (primary N) is 1. The monoisotopic (exact) mass is 461 g/mol. The molecule has 3 N–H and O–H groups in total. The molecule has 1 aromatic rings. The third kappa shape index (κ3) is 9.93. The van der Waals surface area contributed by atoms with Gasteiger partial charge in [-0.15, -0.1) is 0 Å². The van der Waals surface area contributed by atoms with Crippen molar-refractivity contribution in [1.29, 1.82) is 0 Å². The minimum Gasteiger partial charge on any atom is -0.495 e. The lowest BCUT2D eigenvalue weighted by Crippen LogP contribution is -2.41. The fraction of sp³-hybridized carbons (Fsp3) is 0.650. The molecule has 0 radical (unpaired) electrons. The topological polar surface area (TPSA) is 129 Å². The third-order valence-electron chi connectivity index (χ3n) is 4.18. The van der Waals surface area contributed by atoms with Crippen molar-refractivity contribution in [1.82, 2.24) is 9.62 Å². The van der Waals surface area contributed by atoms with E-state index >= 15 is 0 Å². The summed E-state index contributed by atoms with van der Waals surface area (Å²) in [6.07, 6.45) is 0. The normalized spacial score (nSPS) is 11.6. The van der Waals surface area contributed by atoms with Gasteiger partial charge in [-0.1, -0.05) is 13.0 Å². The van der Waals surface area contributed by atoms with Crippen molar-refractivity contribution in [3.8, 4) is 5.75 Å². The van der Waals surface area contributed by atoms with Crippen LogP contribution in [-0.4, -0.2) is 91.6 Å². The van der Waals surface area contributed by atoms with Gasteiger partial charge in [0.2, 0.25) is 15.9 Å². The van der Waals surface area contributed by atoms with Gasteiger partial charge in [0.1, 0.15) is 10.6 Å². The molecular formula is C20H35N3O7S. The molecule has 178 valence electrons. The van der Waals surface area contributed by atoms with Crippen molar-refractivity contribution >= 4 is 15.9 Å². The smallest absolute Gasteiger partial charge is 0.247 e. The molecule has 0 spiro atoms. The van der Waals surface area contributed by atoms with Crippen molar-refractivity contribution in [3.63, 3.8) is 0 Å². The number of likely N-dealkylation sites (N-methyl/N-ethyl adjacent to an activating group) is 1. The van der Waals surface area contributed by atoms with Gasteiger partial charge in [-0.2, -0.15) is 4.31 Å². The molecule has 0 saturated heterocycles. The molecule has 31 heavy (non-hydrogen) atoms. The molecule has 0 aliphatic rings. The molecular weight excluding hydrogens is 426 g/mol. The first-order valence-corrected chi connectivity index (χ1v) is 11.7. The van der Waals surface area contributed by atoms with E-state index in [1.54, 1.807) is 26.0 Å². The molecule has 11 heteroatoms. The summed E-state index contributed by atoms with van der Waals surface area (Å²) in [6.45, 7) is 6.64. The Bertz CT molecular complexity index is 759. The van der Waals surface area contributed by atoms with E-state index in [1.165, 1.54) is 13.2 Å². The van der Waals surface area contributed by atoms with E-state index in [0.29, 0.717) is 46.2 Å². The number of hydrogen-bond donors (Lipinski definition) is 2. The number of nitrogens with one attached hydrogen (secondary N) is 1. The van der Waals surface area contributed by atoms with E-state index < -0.39 is 15.9 Å². The van der Waals surface area contributed by atoms with Gasteiger partial charge in [0, 0.05) is 19.6 Å². The summed E-state index contributed by atoms with van der Waals surface area (Å²) < 4.78 is 48.2. The van der Waals surface area contributed by atoms with Crippen molar-refractivity contribution in [2.75, 3.05) is 72.9 Å². The number of methoxy groups -OCH3 is 1. The fourth-order valence-electron chi connectivity index (χ4n) is 2.60. The Morgan fingerprint density at radius 1 is 1.06 bits per heavy atom. The molecule has 1 aromatic carbocycles. The van der Waals surface area contributed by atoms with Crippen molar-refractivity contribution in [2.24, 2.45) is 5.73 Å². The van der Waals surface area contributed by atoms with E-state index in [2.05, 4.69) is 5.32 Å². The molecule has 0 aliphatic carbocycles. The molecule has 1 rings (SSSR count). The van der Waals surface area contributed by atoms with Gasteiger partial charge in [0.05, 0.1) is 53.3 Å². The Hall–Kier alpha value is -1.76. The maximum Gasteiger partial charge on any atom is 0.247 e. The summed E-state index contributed by atoms with van der Waals surface area (Å²) in [7, 11) is -2.47. The van der Waals surface area contributed by atoms with Crippen LogP contribution in [0.5, 0.6) is 5.75 Å². The van der Waals surface area contributed by atoms with E-state index in [4.69, 9.17) is 24.7 Å². The van der Waals surface area contributed by atoms with Gasteiger partial charge in [0.25, 0.3) is 0 Å². The average Bonchev–Trinajstić information content (AvgIpc) is 2.75. The number of carbonyl (C=O) groups excluding carboxylic acids is 1. The molecule has 0 unspecified atom stereocenters. The molecule has 0 fully saturated rings. The van der Waals surface area contributed by atoms with Gasteiger partial charge in [-0.3, -0.25) is 4.79 Å². The number of sulfonamides is 1. The van der Waals surface area contributed by atoms with Crippen LogP contribution in [0.4, 0.5) is 0 Å². The summed E-state index contributed by atoms with van der Waals surface area (Å²) in [4.78, 5) is 12.3. The van der Waals surface area contributed by atoms with Crippen molar-refractivity contribution in [3.05, 3.63) is 23.8 Å². The summed E-state index contributed by atoms with van der Waals surface area (Å²) in [5.41, 5.74) is 6.09. The molecule has 0 aliphatic heterocycles. The lowest BCUT2D eigenvalue weighted by molar-refractivity contribution is -0.121. The predicted molar refractivity (Wildman–Crippen MR) is 117 cm³/mol. The second kappa shape index (κ2) is 15.1. The Morgan fingerprint density at radius 2 is 1.68 bits per heavy atom. The summed E-state index contributed by atoms with van der Waals surface area (Å²) >= 11 is 0. The minimum absolute atomic E-state index is 0.0430. The van der Waals surface area contributed by atoms with Gasteiger partial charge in [0.15, 0.2) is 0 Å². The highest BCUT2D eigenvalue weighted by atomic mass is 32.2. The van der Waals surface area contributed by atoms with Gasteiger partial charge in [-0.05, 0) is 24.6 Å². The van der Waals surface area contributed by atoms with Crippen LogP contribution < -0.4 is 15.8 Å². The Morgan fingerprint density at radius 3 is 2.26 bits per heavy atom. The van der Waals surface area contributed by atoms with Crippen LogP contribution in [0.2, 0.25) is 0 Å². The first-order chi connectivity index (χ1) is 14.9. The van der Waals surface area contributed by atoms with Crippen LogP contribution in [0.1, 0.15) is 12.5 Å². The average molecular weight is 462 g/mol. The van der Waals surface area contributed by atoms with E-state index in [1.807, 2.05) is 0 Å². The third-order valence-corrected chi connectivity index (χ3v) is 6.13. The Kier molecular flexibility index (Phi) is 13.3. The fourth-order valence-corrected chi connectivity index (χ4v) is 4.24. The number of ether oxygens (including phenoxy) is 4. The zero-order valence-corrected chi connectivity index (χ0v) is 19.4. The molecule has 0 atom stereocenters. The zero-order chi connectivity index (χ0) is 23.1. The minimum atomic E-state index is -3.88. The van der Waals surface area contributed by atoms with Gasteiger partial charge < -0.3 is 30.0 Å². The van der Waals surface area contributed by atoms with Crippen LogP contribution in [0.25, 0.3) is 0 Å². The highest BCUT2D eigenvalue weighted by molar-refractivity contribution is 7.89. The molecule has 0 saturated carbocycles. The zero-order valence-electron chi connectivity index (χ0n) is 18.6. The van der Waals surface area contributed by atoms with E-state index in [-0.39, 0.29) is 30.3 Å². The Balaban J connectivity index is 2.38. The van der Waals surface area contributed by atoms with Crippen LogP contribution >= 0.6 is 0 Å². The maximum absolute atomic E-state index is 13.0. The summed E-state index contributed by atoms with van der Waals surface area (Å²) in [6, 6.07) is 4.90. The lowest BCUT2D eigenvalue weighted by atomic mass is 10.2. The molecule has 0 aromatic heterocycles. The second-order valence-corrected chi connectivity index (χ2v) is 8.47. The number of rotatable bonds is 17. The van der Waals surface area contributed by atoms with E-state index in [0.717, 1.165) is 9.87 Å². The predicted octanol–water partition coefficient (Wildman–Crippen LogP) is 0.139. The van der Waals surface area contributed by atoms with Crippen molar-refractivity contribution < 1.29 is 32.2 Å². The van der Waals surface area contributed by atoms with Crippen molar-refractivity contribution in [2.45, 2.75) is 18.7 Å². The first kappa shape index (κ1) is 27.3.